The van der Waals surface area contributed by atoms with Crippen molar-refractivity contribution in [1.82, 2.24) is 0 Å². The second kappa shape index (κ2) is 5.43. The third kappa shape index (κ3) is 3.45. The molecule has 1 N–H and O–H groups in total. The molecule has 4 heteroatoms. The van der Waals surface area contributed by atoms with Crippen LogP contribution in [0.15, 0.2) is 30.3 Å². The number of hydrogen-bond donors (Lipinski definition) is 1. The van der Waals surface area contributed by atoms with E-state index in [4.69, 9.17) is 0 Å². The monoisotopic (exact) mass is 273 g/mol. The first-order valence-electron chi connectivity index (χ1n) is 3.38. The van der Waals surface area contributed by atoms with Crippen molar-refractivity contribution >= 4 is 20.8 Å². The van der Waals surface area contributed by atoms with Gasteiger partial charge in [0.1, 0.15) is 0 Å². The molecule has 0 aliphatic rings. The second-order valence-corrected chi connectivity index (χ2v) is 3.89. The number of rotatable bonds is 3. The summed E-state index contributed by atoms with van der Waals surface area (Å²) in [6.07, 6.45) is 0. The van der Waals surface area contributed by atoms with E-state index >= 15 is 0 Å². The van der Waals surface area contributed by atoms with Crippen LogP contribution in [0.25, 0.3) is 0 Å². The molecule has 1 rings (SSSR count). The number of anilines is 1. The van der Waals surface area contributed by atoms with Crippen LogP contribution in [0.5, 0.6) is 0 Å². The molecular weight excluding hydrogens is 266 g/mol. The van der Waals surface area contributed by atoms with Crippen LogP contribution in [0, 0.1) is 0 Å². The van der Waals surface area contributed by atoms with Gasteiger partial charge in [-0.3, -0.25) is 0 Å². The van der Waals surface area contributed by atoms with Gasteiger partial charge in [-0.25, -0.2) is 0 Å². The molecule has 0 saturated heterocycles. The summed E-state index contributed by atoms with van der Waals surface area (Å²) in [5.41, 5.74) is 0.837. The van der Waals surface area contributed by atoms with Gasteiger partial charge in [-0.15, -0.1) is 0 Å². The van der Waals surface area contributed by atoms with Gasteiger partial charge in [0.25, 0.3) is 0 Å². The summed E-state index contributed by atoms with van der Waals surface area (Å²) >= 11 is 3.14. The summed E-state index contributed by atoms with van der Waals surface area (Å²) in [6, 6.07) is 9.40. The zero-order chi connectivity index (χ0) is 8.81. The fraction of sp³-hybridized carbons (Fsp3) is 0.125. The number of para-hydroxylation sites is 1. The van der Waals surface area contributed by atoms with Crippen molar-refractivity contribution in [3.8, 4) is 0 Å². The van der Waals surface area contributed by atoms with E-state index in [9.17, 15) is 4.79 Å². The molecule has 0 saturated carbocycles. The van der Waals surface area contributed by atoms with Gasteiger partial charge in [-0.05, 0) is 0 Å². The Morgan fingerprint density at radius 2 is 2.08 bits per heavy atom. The molecule has 1 aromatic carbocycles. The molecule has 0 heterocycles. The van der Waals surface area contributed by atoms with E-state index in [0.29, 0.717) is 5.75 Å². The van der Waals surface area contributed by atoms with Gasteiger partial charge in [0.05, 0.1) is 0 Å². The number of nitrogens with one attached hydrogen (secondary N) is 1. The molecule has 0 aromatic heterocycles. The Hall–Kier alpha value is -0.220. The zero-order valence-electron chi connectivity index (χ0n) is 6.21. The first kappa shape index (κ1) is 9.87. The molecule has 0 spiro atoms. The van der Waals surface area contributed by atoms with Crippen LogP contribution in [0.4, 0.5) is 5.69 Å². The molecule has 0 fully saturated rings. The van der Waals surface area contributed by atoms with E-state index in [0.717, 1.165) is 5.69 Å². The van der Waals surface area contributed by atoms with E-state index < -0.39 is 0 Å². The minimum absolute atomic E-state index is 0.00222. The first-order chi connectivity index (χ1) is 5.83. The molecule has 0 aliphatic heterocycles. The molecule has 0 atom stereocenters. The van der Waals surface area contributed by atoms with E-state index in [-0.39, 0.29) is 5.91 Å². The van der Waals surface area contributed by atoms with Gasteiger partial charge < -0.3 is 0 Å². The van der Waals surface area contributed by atoms with Crippen molar-refractivity contribution in [2.75, 3.05) is 11.1 Å². The summed E-state index contributed by atoms with van der Waals surface area (Å²) in [7, 11) is 1.33. The second-order valence-electron chi connectivity index (χ2n) is 2.15. The van der Waals surface area contributed by atoms with Crippen LogP contribution in [-0.4, -0.2) is 11.7 Å². The van der Waals surface area contributed by atoms with Crippen molar-refractivity contribution in [3.63, 3.8) is 0 Å². The average molecular weight is 274 g/mol. The predicted octanol–water partition coefficient (Wildman–Crippen LogP) is 1.82. The quantitative estimate of drug-likeness (QED) is 0.852. The van der Waals surface area contributed by atoms with Gasteiger partial charge in [0.15, 0.2) is 0 Å². The number of hydrogen-bond acceptors (Lipinski definition) is 2. The minimum atomic E-state index is 0.00222. The molecule has 0 bridgehead atoms. The van der Waals surface area contributed by atoms with Crippen LogP contribution in [0.3, 0.4) is 0 Å². The predicted molar refractivity (Wildman–Crippen MR) is 47.5 cm³/mol. The summed E-state index contributed by atoms with van der Waals surface area (Å²) in [6.45, 7) is 0. The van der Waals surface area contributed by atoms with Gasteiger partial charge in [-0.1, -0.05) is 0 Å². The molecule has 0 unspecified atom stereocenters. The third-order valence-electron chi connectivity index (χ3n) is 1.23. The Morgan fingerprint density at radius 1 is 1.42 bits per heavy atom. The summed E-state index contributed by atoms with van der Waals surface area (Å²) in [5.74, 6) is 0.427. The van der Waals surface area contributed by atoms with Crippen molar-refractivity contribution in [2.45, 2.75) is 0 Å². The van der Waals surface area contributed by atoms with Gasteiger partial charge in [0.2, 0.25) is 0 Å². The Kier molecular flexibility index (Phi) is 4.46. The maximum atomic E-state index is 11.1. The fourth-order valence-electron chi connectivity index (χ4n) is 0.758. The standard InChI is InChI=1S/C8H9NOS.Ag/c10-8(6-11)9-7-4-2-1-3-5-7;/h1-5,11H,6H2,(H,9,10);/q;+1/p-1. The number of benzene rings is 1. The molecule has 1 aromatic rings. The number of amides is 1. The van der Waals surface area contributed by atoms with E-state index in [1.165, 1.54) is 9.23 Å². The van der Waals surface area contributed by atoms with Crippen molar-refractivity contribution in [2.24, 2.45) is 0 Å². The molecule has 2 nitrogen and oxygen atoms in total. The molecule has 1 amide bonds. The average Bonchev–Trinajstić information content (AvgIpc) is 2.06. The SMILES string of the molecule is O=C(C[S][Ag])Nc1ccccc1. The molecule has 12 heavy (non-hydrogen) atoms. The van der Waals surface area contributed by atoms with Crippen LogP contribution < -0.4 is 5.32 Å². The van der Waals surface area contributed by atoms with Crippen LogP contribution in [0.2, 0.25) is 0 Å². The van der Waals surface area contributed by atoms with E-state index in [2.05, 4.69) is 25.1 Å². The fourth-order valence-corrected chi connectivity index (χ4v) is 1.49. The Morgan fingerprint density at radius 3 is 2.67 bits per heavy atom. The molecule has 0 radical (unpaired) electrons. The topological polar surface area (TPSA) is 29.1 Å². The van der Waals surface area contributed by atoms with Crippen molar-refractivity contribution in [3.05, 3.63) is 30.3 Å². The third-order valence-corrected chi connectivity index (χ3v) is 2.22. The number of carbonyl (C=O) groups is 1. The van der Waals surface area contributed by atoms with E-state index in [1.54, 1.807) is 0 Å². The zero-order valence-corrected chi connectivity index (χ0v) is 8.51. The molecule has 68 valence electrons. The summed E-state index contributed by atoms with van der Waals surface area (Å²) in [5, 5.41) is 2.75. The first-order valence-corrected chi connectivity index (χ1v) is 6.02. The molecule has 0 aliphatic carbocycles. The Bertz CT molecular complexity index is 252. The normalized spacial score (nSPS) is 9.50. The van der Waals surface area contributed by atoms with Gasteiger partial charge >= 0.3 is 86.8 Å². The summed E-state index contributed by atoms with van der Waals surface area (Å²) < 4.78 is 0. The van der Waals surface area contributed by atoms with Crippen molar-refractivity contribution < 1.29 is 24.5 Å². The Balaban J connectivity index is 2.47. The maximum absolute atomic E-state index is 11.1. The number of carbonyl (C=O) groups excluding carboxylic acids is 1. The van der Waals surface area contributed by atoms with Gasteiger partial charge in [0, 0.05) is 0 Å². The van der Waals surface area contributed by atoms with Crippen LogP contribution in [-0.2, 0) is 24.5 Å². The van der Waals surface area contributed by atoms with E-state index in [1.807, 2.05) is 30.3 Å². The summed E-state index contributed by atoms with van der Waals surface area (Å²) in [4.78, 5) is 11.1. The van der Waals surface area contributed by atoms with Crippen molar-refractivity contribution in [1.29, 1.82) is 0 Å². The molecular formula is C8H8AgNOS. The van der Waals surface area contributed by atoms with Crippen LogP contribution in [0.1, 0.15) is 0 Å². The Labute approximate surface area is 86.6 Å². The van der Waals surface area contributed by atoms with Gasteiger partial charge in [-0.2, -0.15) is 0 Å². The van der Waals surface area contributed by atoms with Crippen LogP contribution >= 0.6 is 9.23 Å².